The van der Waals surface area contributed by atoms with Crippen LogP contribution in [0.15, 0.2) is 48.5 Å². The third-order valence-electron chi connectivity index (χ3n) is 6.89. The molecule has 1 saturated carbocycles. The minimum Gasteiger partial charge on any atom is -0.493 e. The van der Waals surface area contributed by atoms with Gasteiger partial charge in [-0.3, -0.25) is 4.79 Å². The fourth-order valence-corrected chi connectivity index (χ4v) is 4.96. The summed E-state index contributed by atoms with van der Waals surface area (Å²) < 4.78 is 5.81. The van der Waals surface area contributed by atoms with Crippen molar-refractivity contribution in [2.45, 2.75) is 69.9 Å². The highest BCUT2D eigenvalue weighted by atomic mass is 35.5. The van der Waals surface area contributed by atoms with E-state index in [1.807, 2.05) is 25.1 Å². The van der Waals surface area contributed by atoms with Crippen LogP contribution in [0.2, 0.25) is 5.02 Å². The third kappa shape index (κ3) is 6.98. The number of aryl methyl sites for hydroxylation is 2. The van der Waals surface area contributed by atoms with Gasteiger partial charge in [0.15, 0.2) is 0 Å². The summed E-state index contributed by atoms with van der Waals surface area (Å²) in [6.45, 7) is 2.51. The molecule has 0 atom stereocenters. The molecule has 0 radical (unpaired) electrons. The number of halogens is 1. The first-order valence-corrected chi connectivity index (χ1v) is 12.2. The van der Waals surface area contributed by atoms with Crippen LogP contribution < -0.4 is 10.1 Å². The number of carbonyl (C=O) groups is 1. The molecule has 1 amide bonds. The van der Waals surface area contributed by atoms with Crippen LogP contribution in [0.25, 0.3) is 0 Å². The second kappa shape index (κ2) is 11.7. The quantitative estimate of drug-likeness (QED) is 0.459. The molecule has 0 spiro atoms. The first kappa shape index (κ1) is 24.6. The zero-order valence-electron chi connectivity index (χ0n) is 19.7. The van der Waals surface area contributed by atoms with E-state index in [0.717, 1.165) is 49.8 Å². The van der Waals surface area contributed by atoms with Gasteiger partial charge in [0.25, 0.3) is 0 Å². The van der Waals surface area contributed by atoms with Gasteiger partial charge in [-0.05, 0) is 95.3 Å². The molecule has 4 nitrogen and oxygen atoms in total. The highest BCUT2D eigenvalue weighted by Gasteiger charge is 2.37. The molecule has 0 aliphatic heterocycles. The Labute approximate surface area is 198 Å². The molecule has 0 aromatic heterocycles. The van der Waals surface area contributed by atoms with Gasteiger partial charge in [-0.1, -0.05) is 41.9 Å². The Balaban J connectivity index is 1.38. The number of nitrogens with zero attached hydrogens (tertiary/aromatic N) is 1. The number of carbonyl (C=O) groups excluding carboxylic acids is 1. The van der Waals surface area contributed by atoms with Crippen LogP contribution in [-0.4, -0.2) is 43.1 Å². The number of hydrogen-bond donors (Lipinski definition) is 1. The maximum atomic E-state index is 12.4. The minimum atomic E-state index is 0.132. The van der Waals surface area contributed by atoms with Crippen LogP contribution in [0.3, 0.4) is 0 Å². The molecule has 1 aliphatic rings. The van der Waals surface area contributed by atoms with Crippen LogP contribution >= 0.6 is 11.6 Å². The molecule has 0 saturated heterocycles. The smallest absolute Gasteiger partial charge is 0.220 e. The average Bonchev–Trinajstić information content (AvgIpc) is 2.78. The summed E-state index contributed by atoms with van der Waals surface area (Å²) in [7, 11) is 4.40. The second-order valence-corrected chi connectivity index (χ2v) is 9.74. The molecular formula is C27H37ClN2O2. The Morgan fingerprint density at radius 2 is 1.88 bits per heavy atom. The van der Waals surface area contributed by atoms with E-state index in [2.05, 4.69) is 54.6 Å². The van der Waals surface area contributed by atoms with Crippen LogP contribution in [0, 0.1) is 6.92 Å². The van der Waals surface area contributed by atoms with E-state index < -0.39 is 0 Å². The average molecular weight is 457 g/mol. The highest BCUT2D eigenvalue weighted by molar-refractivity contribution is 6.30. The van der Waals surface area contributed by atoms with Crippen molar-refractivity contribution < 1.29 is 9.53 Å². The molecule has 0 heterocycles. The number of rotatable bonds is 10. The summed E-state index contributed by atoms with van der Waals surface area (Å²) in [5.41, 5.74) is 2.64. The lowest BCUT2D eigenvalue weighted by Gasteiger charge is -2.45. The number of nitrogens with one attached hydrogen (secondary N) is 1. The van der Waals surface area contributed by atoms with Crippen molar-refractivity contribution in [3.63, 3.8) is 0 Å². The van der Waals surface area contributed by atoms with Crippen molar-refractivity contribution in [3.05, 3.63) is 64.7 Å². The molecular weight excluding hydrogens is 420 g/mol. The van der Waals surface area contributed by atoms with Gasteiger partial charge in [0.2, 0.25) is 5.91 Å². The molecule has 1 fully saturated rings. The Kier molecular flexibility index (Phi) is 9.01. The van der Waals surface area contributed by atoms with Gasteiger partial charge < -0.3 is 15.0 Å². The van der Waals surface area contributed by atoms with Gasteiger partial charge in [-0.2, -0.15) is 0 Å². The summed E-state index contributed by atoms with van der Waals surface area (Å²) >= 11 is 5.98. The Morgan fingerprint density at radius 1 is 1.16 bits per heavy atom. The molecule has 0 bridgehead atoms. The van der Waals surface area contributed by atoms with Gasteiger partial charge >= 0.3 is 0 Å². The first-order chi connectivity index (χ1) is 15.4. The maximum absolute atomic E-state index is 12.4. The van der Waals surface area contributed by atoms with Crippen LogP contribution in [0.4, 0.5) is 0 Å². The zero-order valence-corrected chi connectivity index (χ0v) is 20.5. The number of hydrogen-bond acceptors (Lipinski definition) is 3. The van der Waals surface area contributed by atoms with Crippen molar-refractivity contribution in [1.82, 2.24) is 10.2 Å². The maximum Gasteiger partial charge on any atom is 0.220 e. The molecule has 32 heavy (non-hydrogen) atoms. The zero-order chi connectivity index (χ0) is 23.0. The van der Waals surface area contributed by atoms with Crippen molar-refractivity contribution >= 4 is 17.5 Å². The Hall–Kier alpha value is -2.04. The highest BCUT2D eigenvalue weighted by Crippen LogP contribution is 2.36. The lowest BCUT2D eigenvalue weighted by atomic mass is 9.75. The lowest BCUT2D eigenvalue weighted by Crippen LogP contribution is -2.51. The van der Waals surface area contributed by atoms with Gasteiger partial charge in [0, 0.05) is 23.0 Å². The van der Waals surface area contributed by atoms with E-state index in [4.69, 9.17) is 16.3 Å². The van der Waals surface area contributed by atoms with Gasteiger partial charge in [0.1, 0.15) is 5.75 Å². The molecule has 2 aromatic carbocycles. The summed E-state index contributed by atoms with van der Waals surface area (Å²) in [5, 5.41) is 3.96. The summed E-state index contributed by atoms with van der Waals surface area (Å²) in [6.07, 6.45) is 7.79. The summed E-state index contributed by atoms with van der Waals surface area (Å²) in [4.78, 5) is 14.9. The van der Waals surface area contributed by atoms with Crippen LogP contribution in [-0.2, 0) is 11.2 Å². The van der Waals surface area contributed by atoms with Crippen molar-refractivity contribution in [3.8, 4) is 5.75 Å². The monoisotopic (exact) mass is 456 g/mol. The second-order valence-electron chi connectivity index (χ2n) is 9.31. The Bertz CT molecular complexity index is 861. The van der Waals surface area contributed by atoms with E-state index in [-0.39, 0.29) is 17.5 Å². The number of benzene rings is 2. The molecule has 0 unspecified atom stereocenters. The predicted molar refractivity (Wildman–Crippen MR) is 132 cm³/mol. The van der Waals surface area contributed by atoms with E-state index >= 15 is 0 Å². The van der Waals surface area contributed by atoms with E-state index in [0.29, 0.717) is 24.5 Å². The molecule has 5 heteroatoms. The van der Waals surface area contributed by atoms with Gasteiger partial charge in [-0.25, -0.2) is 0 Å². The predicted octanol–water partition coefficient (Wildman–Crippen LogP) is 5.80. The van der Waals surface area contributed by atoms with E-state index in [1.54, 1.807) is 0 Å². The Morgan fingerprint density at radius 3 is 2.53 bits per heavy atom. The largest absolute Gasteiger partial charge is 0.493 e. The first-order valence-electron chi connectivity index (χ1n) is 11.8. The summed E-state index contributed by atoms with van der Waals surface area (Å²) in [5.74, 6) is 0.964. The number of ether oxygens (including phenoxy) is 1. The van der Waals surface area contributed by atoms with E-state index in [9.17, 15) is 4.79 Å². The molecule has 174 valence electrons. The summed E-state index contributed by atoms with van der Waals surface area (Å²) in [6, 6.07) is 16.6. The fourth-order valence-electron chi connectivity index (χ4n) is 4.73. The number of amides is 1. The normalized spacial score (nSPS) is 20.8. The molecule has 1 aliphatic carbocycles. The molecule has 3 rings (SSSR count). The molecule has 2 aromatic rings. The van der Waals surface area contributed by atoms with Crippen molar-refractivity contribution in [2.75, 3.05) is 20.7 Å². The fraction of sp³-hybridized carbons (Fsp3) is 0.519. The molecule has 1 N–H and O–H groups in total. The van der Waals surface area contributed by atoms with E-state index in [1.165, 1.54) is 5.56 Å². The lowest BCUT2D eigenvalue weighted by molar-refractivity contribution is -0.122. The topological polar surface area (TPSA) is 41.6 Å². The van der Waals surface area contributed by atoms with Crippen molar-refractivity contribution in [1.29, 1.82) is 0 Å². The van der Waals surface area contributed by atoms with Crippen LogP contribution in [0.1, 0.15) is 56.1 Å². The van der Waals surface area contributed by atoms with Gasteiger partial charge in [0.05, 0.1) is 6.61 Å². The standard InChI is InChI=1S/C27H37ClN2O2/c1-21-20-23(28)11-12-25(21)32-19-7-10-26(31)29-24-14-17-27(18-15-24,30(2)3)16-13-22-8-5-4-6-9-22/h4-6,8-9,11-12,20,24H,7,10,13-19H2,1-3H3,(H,29,31). The van der Waals surface area contributed by atoms with Crippen LogP contribution in [0.5, 0.6) is 5.75 Å². The third-order valence-corrected chi connectivity index (χ3v) is 7.13. The van der Waals surface area contributed by atoms with Gasteiger partial charge in [-0.15, -0.1) is 0 Å². The SMILES string of the molecule is Cc1cc(Cl)ccc1OCCCC(=O)NC1CCC(CCc2ccccc2)(N(C)C)CC1. The minimum absolute atomic E-state index is 0.132. The van der Waals surface area contributed by atoms with Crippen molar-refractivity contribution in [2.24, 2.45) is 0 Å².